The molecule has 0 atom stereocenters. The number of benzene rings is 1. The van der Waals surface area contributed by atoms with Crippen LogP contribution in [0.1, 0.15) is 12.5 Å². The lowest BCUT2D eigenvalue weighted by Crippen LogP contribution is -2.24. The highest BCUT2D eigenvalue weighted by Crippen LogP contribution is 2.25. The van der Waals surface area contributed by atoms with E-state index < -0.39 is 0 Å². The molecule has 22 heavy (non-hydrogen) atoms. The van der Waals surface area contributed by atoms with E-state index in [0.29, 0.717) is 12.3 Å². The van der Waals surface area contributed by atoms with Gasteiger partial charge in [-0.25, -0.2) is 0 Å². The highest BCUT2D eigenvalue weighted by Gasteiger charge is 2.07. The van der Waals surface area contributed by atoms with Crippen molar-refractivity contribution >= 4 is 34.1 Å². The maximum Gasteiger partial charge on any atom is 0.230 e. The zero-order valence-electron chi connectivity index (χ0n) is 12.5. The number of thioether (sulfide) groups is 1. The van der Waals surface area contributed by atoms with Crippen LogP contribution in [0.4, 0.5) is 5.13 Å². The second-order valence-corrected chi connectivity index (χ2v) is 6.52. The lowest BCUT2D eigenvalue weighted by atomic mass is 10.2. The Balaban J connectivity index is 1.72. The Morgan fingerprint density at radius 2 is 2.09 bits per heavy atom. The van der Waals surface area contributed by atoms with E-state index in [-0.39, 0.29) is 5.91 Å². The van der Waals surface area contributed by atoms with Crippen molar-refractivity contribution in [1.29, 1.82) is 0 Å². The van der Waals surface area contributed by atoms with E-state index in [1.165, 1.54) is 23.1 Å². The first-order valence-corrected chi connectivity index (χ1v) is 8.61. The highest BCUT2D eigenvalue weighted by atomic mass is 32.2. The molecule has 2 rings (SSSR count). The second-order valence-electron chi connectivity index (χ2n) is 4.32. The fraction of sp³-hybridized carbons (Fsp3) is 0.357. The summed E-state index contributed by atoms with van der Waals surface area (Å²) in [5, 5.41) is 14.8. The summed E-state index contributed by atoms with van der Waals surface area (Å²) in [5.74, 6) is 1.11. The number of nitrogens with zero attached hydrogens (tertiary/aromatic N) is 2. The van der Waals surface area contributed by atoms with E-state index in [4.69, 9.17) is 4.74 Å². The van der Waals surface area contributed by atoms with Gasteiger partial charge in [0.1, 0.15) is 5.75 Å². The van der Waals surface area contributed by atoms with Crippen molar-refractivity contribution in [2.24, 2.45) is 0 Å². The first-order chi connectivity index (χ1) is 10.7. The Morgan fingerprint density at radius 3 is 2.77 bits per heavy atom. The van der Waals surface area contributed by atoms with Crippen LogP contribution in [-0.4, -0.2) is 35.5 Å². The third-order valence-corrected chi connectivity index (χ3v) is 4.72. The Morgan fingerprint density at radius 1 is 1.32 bits per heavy atom. The van der Waals surface area contributed by atoms with Crippen LogP contribution in [0, 0.1) is 0 Å². The van der Waals surface area contributed by atoms with Crippen molar-refractivity contribution in [2.45, 2.75) is 17.8 Å². The number of amides is 1. The van der Waals surface area contributed by atoms with Crippen molar-refractivity contribution in [3.8, 4) is 5.75 Å². The first-order valence-electron chi connectivity index (χ1n) is 6.81. The molecule has 1 heterocycles. The topological polar surface area (TPSA) is 76.1 Å². The Bertz CT molecular complexity index is 601. The van der Waals surface area contributed by atoms with Gasteiger partial charge in [0.05, 0.1) is 12.9 Å². The molecule has 6 nitrogen and oxygen atoms in total. The minimum atomic E-state index is -0.0268. The van der Waals surface area contributed by atoms with Gasteiger partial charge in [-0.05, 0) is 24.6 Å². The molecule has 1 aromatic heterocycles. The molecule has 0 unspecified atom stereocenters. The molecule has 0 aliphatic heterocycles. The van der Waals surface area contributed by atoms with E-state index >= 15 is 0 Å². The van der Waals surface area contributed by atoms with Crippen LogP contribution in [0.15, 0.2) is 28.6 Å². The lowest BCUT2D eigenvalue weighted by molar-refractivity contribution is -0.118. The van der Waals surface area contributed by atoms with Gasteiger partial charge in [0.2, 0.25) is 11.0 Å². The predicted octanol–water partition coefficient (Wildman–Crippen LogP) is 2.39. The van der Waals surface area contributed by atoms with Gasteiger partial charge in [0.25, 0.3) is 0 Å². The molecule has 0 aliphatic carbocycles. The van der Waals surface area contributed by atoms with Crippen LogP contribution < -0.4 is 15.4 Å². The molecular formula is C14H18N4O2S2. The number of nitrogens with one attached hydrogen (secondary N) is 2. The van der Waals surface area contributed by atoms with E-state index in [2.05, 4.69) is 20.8 Å². The van der Waals surface area contributed by atoms with Crippen LogP contribution in [-0.2, 0) is 11.3 Å². The fourth-order valence-electron chi connectivity index (χ4n) is 1.61. The summed E-state index contributed by atoms with van der Waals surface area (Å²) in [6, 6.07) is 7.61. The normalized spacial score (nSPS) is 10.3. The third kappa shape index (κ3) is 5.19. The standard InChI is InChI=1S/C14H18N4O2S2/c1-3-15-13-17-18-14(22-13)21-9-12(19)16-8-10-4-6-11(20-2)7-5-10/h4-7H,3,8-9H2,1-2H3,(H,15,17)(H,16,19). The van der Waals surface area contributed by atoms with Crippen molar-refractivity contribution in [2.75, 3.05) is 24.7 Å². The molecule has 0 aliphatic rings. The van der Waals surface area contributed by atoms with E-state index in [1.807, 2.05) is 31.2 Å². The summed E-state index contributed by atoms with van der Waals surface area (Å²) in [6.45, 7) is 3.31. The van der Waals surface area contributed by atoms with Crippen LogP contribution in [0.3, 0.4) is 0 Å². The summed E-state index contributed by atoms with van der Waals surface area (Å²) in [5.41, 5.74) is 1.03. The average molecular weight is 338 g/mol. The van der Waals surface area contributed by atoms with Crippen LogP contribution in [0.25, 0.3) is 0 Å². The van der Waals surface area contributed by atoms with E-state index in [9.17, 15) is 4.79 Å². The van der Waals surface area contributed by atoms with Gasteiger partial charge in [-0.1, -0.05) is 35.2 Å². The number of carbonyl (C=O) groups is 1. The van der Waals surface area contributed by atoms with Gasteiger partial charge in [-0.2, -0.15) is 0 Å². The number of hydrogen-bond donors (Lipinski definition) is 2. The van der Waals surface area contributed by atoms with Gasteiger partial charge in [-0.3, -0.25) is 4.79 Å². The summed E-state index contributed by atoms with van der Waals surface area (Å²) in [4.78, 5) is 11.8. The molecule has 0 saturated heterocycles. The van der Waals surface area contributed by atoms with Gasteiger partial charge < -0.3 is 15.4 Å². The molecule has 8 heteroatoms. The third-order valence-electron chi connectivity index (χ3n) is 2.71. The monoisotopic (exact) mass is 338 g/mol. The molecule has 0 radical (unpaired) electrons. The smallest absolute Gasteiger partial charge is 0.230 e. The number of methoxy groups -OCH3 is 1. The van der Waals surface area contributed by atoms with Crippen molar-refractivity contribution in [3.63, 3.8) is 0 Å². The SMILES string of the molecule is CCNc1nnc(SCC(=O)NCc2ccc(OC)cc2)s1. The van der Waals surface area contributed by atoms with Crippen molar-refractivity contribution < 1.29 is 9.53 Å². The van der Waals surface area contributed by atoms with E-state index in [1.54, 1.807) is 7.11 Å². The molecule has 2 N–H and O–H groups in total. The summed E-state index contributed by atoms with van der Waals surface area (Å²) >= 11 is 2.84. The number of anilines is 1. The van der Waals surface area contributed by atoms with Crippen LogP contribution in [0.5, 0.6) is 5.75 Å². The quantitative estimate of drug-likeness (QED) is 0.720. The van der Waals surface area contributed by atoms with Gasteiger partial charge in [-0.15, -0.1) is 10.2 Å². The molecule has 1 amide bonds. The number of aromatic nitrogens is 2. The Hall–Kier alpha value is -1.80. The molecule has 0 spiro atoms. The molecule has 0 bridgehead atoms. The fourth-order valence-corrected chi connectivity index (χ4v) is 3.26. The lowest BCUT2D eigenvalue weighted by Gasteiger charge is -2.05. The number of carbonyl (C=O) groups excluding carboxylic acids is 1. The first kappa shape index (κ1) is 16.6. The van der Waals surface area contributed by atoms with Gasteiger partial charge in [0, 0.05) is 13.1 Å². The van der Waals surface area contributed by atoms with Crippen molar-refractivity contribution in [1.82, 2.24) is 15.5 Å². The largest absolute Gasteiger partial charge is 0.497 e. The maximum absolute atomic E-state index is 11.8. The minimum absolute atomic E-state index is 0.0268. The molecule has 0 saturated carbocycles. The van der Waals surface area contributed by atoms with Crippen LogP contribution in [0.2, 0.25) is 0 Å². The maximum atomic E-state index is 11.8. The molecule has 0 fully saturated rings. The molecule has 118 valence electrons. The number of hydrogen-bond acceptors (Lipinski definition) is 7. The second kappa shape index (κ2) is 8.60. The van der Waals surface area contributed by atoms with Gasteiger partial charge in [0.15, 0.2) is 4.34 Å². The molecule has 1 aromatic carbocycles. The Kier molecular flexibility index (Phi) is 6.47. The molecular weight excluding hydrogens is 320 g/mol. The number of rotatable bonds is 8. The van der Waals surface area contributed by atoms with Crippen molar-refractivity contribution in [3.05, 3.63) is 29.8 Å². The summed E-state index contributed by atoms with van der Waals surface area (Å²) in [7, 11) is 1.63. The summed E-state index contributed by atoms with van der Waals surface area (Å²) < 4.78 is 5.88. The highest BCUT2D eigenvalue weighted by molar-refractivity contribution is 8.01. The Labute approximate surface area is 137 Å². The van der Waals surface area contributed by atoms with Gasteiger partial charge >= 0.3 is 0 Å². The minimum Gasteiger partial charge on any atom is -0.497 e. The zero-order chi connectivity index (χ0) is 15.8. The predicted molar refractivity (Wildman–Crippen MR) is 89.6 cm³/mol. The summed E-state index contributed by atoms with van der Waals surface area (Å²) in [6.07, 6.45) is 0. The van der Waals surface area contributed by atoms with Crippen LogP contribution >= 0.6 is 23.1 Å². The average Bonchev–Trinajstić information content (AvgIpc) is 2.99. The van der Waals surface area contributed by atoms with E-state index in [0.717, 1.165) is 27.3 Å². The molecule has 2 aromatic rings. The zero-order valence-corrected chi connectivity index (χ0v) is 14.1. The number of ether oxygens (including phenoxy) is 1.